The van der Waals surface area contributed by atoms with E-state index in [1.807, 2.05) is 0 Å². The molecule has 0 aliphatic carbocycles. The molecule has 1 aromatic heterocycles. The minimum atomic E-state index is 0.965. The van der Waals surface area contributed by atoms with Crippen LogP contribution in [0.5, 0.6) is 0 Å². The van der Waals surface area contributed by atoms with Crippen molar-refractivity contribution in [2.75, 3.05) is 0 Å². The molecule has 8 aromatic rings. The lowest BCUT2D eigenvalue weighted by Gasteiger charge is -2.29. The molecule has 0 aliphatic rings. The highest BCUT2D eigenvalue weighted by Gasteiger charge is 2.28. The Labute approximate surface area is 296 Å². The standard InChI is InChI=1S/C39H34B8N2/c40-30-26-25(22-16-8-7-15-21(22)19-11-3-1-4-12-19)27-29(33(43)37(47)35(45)31(27)41)38(28(26)32(42)36(46)34(30)44)49-24-18-10-9-17-23(24)48-39(49)20-13-5-2-6-14-20/h1-18H,40-47H2. The molecule has 2 nitrogen and oxygen atoms in total. The van der Waals surface area contributed by atoms with Gasteiger partial charge < -0.3 is 0 Å². The van der Waals surface area contributed by atoms with Crippen LogP contribution in [0.15, 0.2) is 109 Å². The van der Waals surface area contributed by atoms with E-state index in [1.54, 1.807) is 0 Å². The first-order chi connectivity index (χ1) is 23.7. The second kappa shape index (κ2) is 11.9. The van der Waals surface area contributed by atoms with Crippen LogP contribution in [0, 0.1) is 0 Å². The van der Waals surface area contributed by atoms with E-state index < -0.39 is 0 Å². The number of imidazole rings is 1. The van der Waals surface area contributed by atoms with Gasteiger partial charge in [0.25, 0.3) is 0 Å². The lowest BCUT2D eigenvalue weighted by atomic mass is 9.60. The second-order valence-corrected chi connectivity index (χ2v) is 13.8. The van der Waals surface area contributed by atoms with Crippen molar-refractivity contribution in [1.29, 1.82) is 0 Å². The third-order valence-corrected chi connectivity index (χ3v) is 11.4. The molecule has 8 rings (SSSR count). The van der Waals surface area contributed by atoms with Gasteiger partial charge in [-0.05, 0) is 55.9 Å². The summed E-state index contributed by atoms with van der Waals surface area (Å²) in [5, 5.41) is 5.26. The first-order valence-corrected chi connectivity index (χ1v) is 17.3. The van der Waals surface area contributed by atoms with Gasteiger partial charge in [-0.15, -0.1) is 21.9 Å². The summed E-state index contributed by atoms with van der Waals surface area (Å²) in [5.74, 6) is 0.965. The molecule has 7 aromatic carbocycles. The maximum atomic E-state index is 5.35. The Balaban J connectivity index is 1.72. The normalized spacial score (nSPS) is 11.5. The average molecular weight is 617 g/mol. The lowest BCUT2D eigenvalue weighted by molar-refractivity contribution is 1.13. The van der Waals surface area contributed by atoms with Crippen LogP contribution in [0.1, 0.15) is 0 Å². The summed E-state index contributed by atoms with van der Waals surface area (Å²) in [4.78, 5) is 5.35. The van der Waals surface area contributed by atoms with Gasteiger partial charge in [0.15, 0.2) is 0 Å². The summed E-state index contributed by atoms with van der Waals surface area (Å²) in [6.07, 6.45) is 0. The number of rotatable bonds is 4. The molecule has 224 valence electrons. The highest BCUT2D eigenvalue weighted by Crippen LogP contribution is 2.43. The number of nitrogens with zero attached hydrogens (tertiary/aromatic N) is 2. The van der Waals surface area contributed by atoms with E-state index in [-0.39, 0.29) is 0 Å². The summed E-state index contributed by atoms with van der Waals surface area (Å²) in [7, 11) is 18.5. The van der Waals surface area contributed by atoms with Crippen LogP contribution < -0.4 is 43.7 Å². The smallest absolute Gasteiger partial charge is 0.145 e. The number of fused-ring (bicyclic) bond motifs is 3. The highest BCUT2D eigenvalue weighted by atomic mass is 15.1. The lowest BCUT2D eigenvalue weighted by Crippen LogP contribution is -2.50. The topological polar surface area (TPSA) is 17.8 Å². The Bertz CT molecular complexity index is 2550. The Hall–Kier alpha value is -4.95. The largest absolute Gasteiger partial charge is 0.291 e. The predicted octanol–water partition coefficient (Wildman–Crippen LogP) is -3.60. The SMILES string of the molecule is Bc1c(B)c(B)c2c(-n3c(-c4ccccc4)nc4ccccc43)c3c(B)c(B)c(B)c(B)c3c(-c3ccccc3-c3ccccc3)c2c1B. The van der Waals surface area contributed by atoms with Crippen molar-refractivity contribution in [1.82, 2.24) is 9.55 Å². The van der Waals surface area contributed by atoms with Crippen molar-refractivity contribution >= 4 is 139 Å². The van der Waals surface area contributed by atoms with E-state index in [4.69, 9.17) is 4.98 Å². The maximum absolute atomic E-state index is 5.35. The van der Waals surface area contributed by atoms with Crippen molar-refractivity contribution in [3.05, 3.63) is 109 Å². The zero-order chi connectivity index (χ0) is 34.1. The number of hydrogen-bond acceptors (Lipinski definition) is 1. The van der Waals surface area contributed by atoms with Gasteiger partial charge >= 0.3 is 0 Å². The fraction of sp³-hybridized carbons (Fsp3) is 0. The van der Waals surface area contributed by atoms with E-state index in [0.717, 1.165) is 22.4 Å². The molecule has 0 bridgehead atoms. The van der Waals surface area contributed by atoms with Gasteiger partial charge in [-0.1, -0.05) is 119 Å². The van der Waals surface area contributed by atoms with E-state index in [9.17, 15) is 0 Å². The molecule has 0 fully saturated rings. The van der Waals surface area contributed by atoms with Crippen molar-refractivity contribution < 1.29 is 0 Å². The number of benzene rings is 7. The van der Waals surface area contributed by atoms with Crippen LogP contribution in [0.2, 0.25) is 0 Å². The van der Waals surface area contributed by atoms with Crippen molar-refractivity contribution in [2.24, 2.45) is 0 Å². The van der Waals surface area contributed by atoms with Crippen LogP contribution in [0.25, 0.3) is 71.9 Å². The van der Waals surface area contributed by atoms with E-state index >= 15 is 0 Å². The van der Waals surface area contributed by atoms with Gasteiger partial charge in [-0.3, -0.25) is 4.57 Å². The molecule has 0 aliphatic heterocycles. The predicted molar refractivity (Wildman–Crippen MR) is 238 cm³/mol. The van der Waals surface area contributed by atoms with Gasteiger partial charge in [-0.2, -0.15) is 0 Å². The van der Waals surface area contributed by atoms with Gasteiger partial charge in [0.05, 0.1) is 16.7 Å². The van der Waals surface area contributed by atoms with Crippen LogP contribution in [0.4, 0.5) is 0 Å². The summed E-state index contributed by atoms with van der Waals surface area (Å²) in [6.45, 7) is 0. The average Bonchev–Trinajstić information content (AvgIpc) is 3.53. The van der Waals surface area contributed by atoms with E-state index in [0.29, 0.717) is 0 Å². The Morgan fingerprint density at radius 2 is 0.816 bits per heavy atom. The number of para-hydroxylation sites is 2. The molecule has 0 spiro atoms. The third-order valence-electron chi connectivity index (χ3n) is 11.4. The summed E-state index contributed by atoms with van der Waals surface area (Å²) in [5.41, 5.74) is 20.2. The Kier molecular flexibility index (Phi) is 7.59. The highest BCUT2D eigenvalue weighted by molar-refractivity contribution is 6.71. The quantitative estimate of drug-likeness (QED) is 0.148. The zero-order valence-corrected chi connectivity index (χ0v) is 29.8. The summed E-state index contributed by atoms with van der Waals surface area (Å²) < 4.78 is 2.48. The molecule has 0 amide bonds. The first-order valence-electron chi connectivity index (χ1n) is 17.3. The van der Waals surface area contributed by atoms with Crippen molar-refractivity contribution in [2.45, 2.75) is 0 Å². The Morgan fingerprint density at radius 1 is 0.388 bits per heavy atom. The molecule has 0 saturated heterocycles. The first kappa shape index (κ1) is 31.3. The summed E-state index contributed by atoms with van der Waals surface area (Å²) in [6, 6.07) is 39.2. The molecule has 0 radical (unpaired) electrons. The molecule has 0 atom stereocenters. The maximum Gasteiger partial charge on any atom is 0.145 e. The molecule has 0 unspecified atom stereocenters. The van der Waals surface area contributed by atoms with Gasteiger partial charge in [0, 0.05) is 5.56 Å². The van der Waals surface area contributed by atoms with Gasteiger partial charge in [0.2, 0.25) is 0 Å². The number of aromatic nitrogens is 2. The third kappa shape index (κ3) is 4.64. The van der Waals surface area contributed by atoms with Gasteiger partial charge in [-0.25, -0.2) is 4.98 Å². The molecular formula is C39H34B8N2. The molecular weight excluding hydrogens is 583 g/mol. The number of hydrogen-bond donors (Lipinski definition) is 0. The van der Waals surface area contributed by atoms with Crippen molar-refractivity contribution in [3.8, 4) is 39.3 Å². The second-order valence-electron chi connectivity index (χ2n) is 13.8. The van der Waals surface area contributed by atoms with Gasteiger partial charge in [0.1, 0.15) is 68.6 Å². The molecule has 0 N–H and O–H groups in total. The molecule has 1 heterocycles. The Morgan fingerprint density at radius 3 is 1.37 bits per heavy atom. The van der Waals surface area contributed by atoms with Crippen LogP contribution in [0.3, 0.4) is 0 Å². The molecule has 10 heteroatoms. The van der Waals surface area contributed by atoms with Crippen LogP contribution in [-0.4, -0.2) is 72.3 Å². The fourth-order valence-corrected chi connectivity index (χ4v) is 8.19. The minimum Gasteiger partial charge on any atom is -0.291 e. The molecule has 0 saturated carbocycles. The minimum absolute atomic E-state index is 0.965. The zero-order valence-electron chi connectivity index (χ0n) is 29.8. The van der Waals surface area contributed by atoms with Crippen LogP contribution in [-0.2, 0) is 0 Å². The fourth-order valence-electron chi connectivity index (χ4n) is 8.19. The van der Waals surface area contributed by atoms with E-state index in [2.05, 4.69) is 177 Å². The molecule has 49 heavy (non-hydrogen) atoms. The van der Waals surface area contributed by atoms with Crippen LogP contribution >= 0.6 is 0 Å². The van der Waals surface area contributed by atoms with E-state index in [1.165, 1.54) is 93.2 Å². The van der Waals surface area contributed by atoms with Crippen molar-refractivity contribution in [3.63, 3.8) is 0 Å². The summed E-state index contributed by atoms with van der Waals surface area (Å²) >= 11 is 0. The monoisotopic (exact) mass is 618 g/mol.